The van der Waals surface area contributed by atoms with Gasteiger partial charge >= 0.3 is 12.0 Å². The number of fused-ring (bicyclic) bond motifs is 2. The van der Waals surface area contributed by atoms with Crippen LogP contribution in [0.5, 0.6) is 40.8 Å². The molecule has 2 aromatic heterocycles. The van der Waals surface area contributed by atoms with Crippen LogP contribution in [-0.2, 0) is 22.3 Å². The number of ether oxygens (including phenoxy) is 9. The molecule has 1 amide bonds. The molecule has 0 bridgehead atoms. The Morgan fingerprint density at radius 2 is 0.947 bits per heavy atom. The van der Waals surface area contributed by atoms with Crippen LogP contribution in [-0.4, -0.2) is 127 Å². The van der Waals surface area contributed by atoms with Crippen molar-refractivity contribution in [2.24, 2.45) is 5.73 Å². The number of hydrogen-bond donors (Lipinski definition) is 1. The van der Waals surface area contributed by atoms with Crippen molar-refractivity contribution in [2.75, 3.05) is 111 Å². The van der Waals surface area contributed by atoms with Crippen LogP contribution in [0.3, 0.4) is 0 Å². The SMILES string of the molecule is COc1ccc(CCOc2nc(N3CCOCC3)c3cc(-c4cccc(C(N)=O)c4)ccc3n2)cc1OC.COc1cccc(-c2ccc3nc(OCCc4ccc(OC)c(OC)c4)nc(N4CCOCC4)c3c2)c1. The van der Waals surface area contributed by atoms with E-state index in [1.54, 1.807) is 47.7 Å². The molecule has 2 saturated heterocycles. The van der Waals surface area contributed by atoms with Gasteiger partial charge in [0.15, 0.2) is 23.0 Å². The maximum absolute atomic E-state index is 11.7. The van der Waals surface area contributed by atoms with E-state index in [1.807, 2.05) is 91.0 Å². The number of morpholine rings is 2. The molecule has 0 aliphatic carbocycles. The lowest BCUT2D eigenvalue weighted by Gasteiger charge is -2.29. The predicted molar refractivity (Wildman–Crippen MR) is 289 cm³/mol. The van der Waals surface area contributed by atoms with Crippen LogP contribution in [0.25, 0.3) is 44.1 Å². The number of carbonyl (C=O) groups excluding carboxylic acids is 1. The zero-order chi connectivity index (χ0) is 52.1. The zero-order valence-electron chi connectivity index (χ0n) is 42.9. The lowest BCUT2D eigenvalue weighted by atomic mass is 10.0. The number of methoxy groups -OCH3 is 5. The highest BCUT2D eigenvalue weighted by molar-refractivity contribution is 5.97. The second kappa shape index (κ2) is 24.5. The van der Waals surface area contributed by atoms with Crippen molar-refractivity contribution in [3.63, 3.8) is 0 Å². The number of aromatic nitrogens is 4. The largest absolute Gasteiger partial charge is 0.497 e. The number of anilines is 2. The van der Waals surface area contributed by atoms with Crippen LogP contribution in [0.4, 0.5) is 11.6 Å². The van der Waals surface area contributed by atoms with Crippen molar-refractivity contribution < 1.29 is 47.4 Å². The van der Waals surface area contributed by atoms with Gasteiger partial charge in [-0.15, -0.1) is 0 Å². The van der Waals surface area contributed by atoms with E-state index in [0.29, 0.717) is 93.1 Å². The maximum atomic E-state index is 11.7. The van der Waals surface area contributed by atoms with Gasteiger partial charge in [-0.1, -0.05) is 48.5 Å². The topological polar surface area (TPSA) is 184 Å². The summed E-state index contributed by atoms with van der Waals surface area (Å²) in [7, 11) is 8.17. The molecule has 10 rings (SSSR count). The molecule has 17 nitrogen and oxygen atoms in total. The molecule has 0 saturated carbocycles. The highest BCUT2D eigenvalue weighted by atomic mass is 16.5. The monoisotopic (exact) mass is 1020 g/mol. The summed E-state index contributed by atoms with van der Waals surface area (Å²) in [6, 6.07) is 39.9. The minimum absolute atomic E-state index is 0.322. The average Bonchev–Trinajstić information content (AvgIpc) is 3.47. The third-order valence-electron chi connectivity index (χ3n) is 13.0. The van der Waals surface area contributed by atoms with Crippen molar-refractivity contribution in [1.82, 2.24) is 19.9 Å². The summed E-state index contributed by atoms with van der Waals surface area (Å²) in [5.74, 6) is 4.79. The van der Waals surface area contributed by atoms with Crippen LogP contribution in [0.1, 0.15) is 21.5 Å². The van der Waals surface area contributed by atoms with E-state index in [9.17, 15) is 4.79 Å². The van der Waals surface area contributed by atoms with Gasteiger partial charge in [-0.25, -0.2) is 0 Å². The fourth-order valence-corrected chi connectivity index (χ4v) is 8.95. The normalized spacial score (nSPS) is 13.4. The summed E-state index contributed by atoms with van der Waals surface area (Å²) in [5, 5.41) is 1.88. The molecular formula is C58H61N7O10. The summed E-state index contributed by atoms with van der Waals surface area (Å²) in [4.78, 5) is 35.2. The number of amides is 1. The van der Waals surface area contributed by atoms with Crippen molar-refractivity contribution in [2.45, 2.75) is 12.8 Å². The number of benzene rings is 6. The Bertz CT molecular complexity index is 3250. The Balaban J connectivity index is 0.000000184. The number of primary amides is 1. The predicted octanol–water partition coefficient (Wildman–Crippen LogP) is 8.65. The summed E-state index contributed by atoms with van der Waals surface area (Å²) >= 11 is 0. The minimum atomic E-state index is -0.458. The molecule has 0 spiro atoms. The molecule has 2 fully saturated rings. The quantitative estimate of drug-likeness (QED) is 0.0861. The van der Waals surface area contributed by atoms with E-state index < -0.39 is 5.91 Å². The van der Waals surface area contributed by atoms with E-state index in [0.717, 1.165) is 98.8 Å². The number of nitrogens with zero attached hydrogens (tertiary/aromatic N) is 6. The molecular weight excluding hydrogens is 955 g/mol. The highest BCUT2D eigenvalue weighted by Gasteiger charge is 2.21. The standard InChI is InChI=1S/C29H30N4O5.C29H31N3O5/c1-35-25-9-6-19(16-26(25)36-2)10-13-38-29-31-24-8-7-21(20-4-3-5-22(17-20)27(30)34)18-23(24)28(32-29)33-11-14-37-15-12-33;1-33-23-6-4-5-21(18-23)22-8-9-25-24(19-22)28(32-12-15-36-16-13-32)31-29(30-25)37-14-11-20-7-10-26(34-2)27(17-20)35-3/h3-9,16-18H,10-15H2,1-2H3,(H2,30,34);4-10,17-19H,11-16H2,1-3H3. The van der Waals surface area contributed by atoms with Crippen LogP contribution < -0.4 is 48.7 Å². The number of hydrogen-bond acceptors (Lipinski definition) is 16. The van der Waals surface area contributed by atoms with Gasteiger partial charge in [-0.05, 0) is 106 Å². The number of nitrogens with two attached hydrogens (primary N) is 1. The molecule has 0 radical (unpaired) electrons. The zero-order valence-corrected chi connectivity index (χ0v) is 42.9. The van der Waals surface area contributed by atoms with Crippen molar-refractivity contribution in [3.8, 4) is 63.0 Å². The first-order valence-corrected chi connectivity index (χ1v) is 24.7. The van der Waals surface area contributed by atoms with Crippen LogP contribution in [0.15, 0.2) is 121 Å². The lowest BCUT2D eigenvalue weighted by molar-refractivity contribution is 0.1000. The number of carbonyl (C=O) groups is 1. The molecule has 2 N–H and O–H groups in total. The molecule has 6 aromatic carbocycles. The van der Waals surface area contributed by atoms with Gasteiger partial charge in [-0.3, -0.25) is 4.79 Å². The van der Waals surface area contributed by atoms with Crippen LogP contribution in [0.2, 0.25) is 0 Å². The molecule has 2 aliphatic rings. The fourth-order valence-electron chi connectivity index (χ4n) is 8.95. The second-order valence-corrected chi connectivity index (χ2v) is 17.6. The summed E-state index contributed by atoms with van der Waals surface area (Å²) in [6.07, 6.45) is 1.34. The molecule has 0 unspecified atom stereocenters. The Morgan fingerprint density at radius 1 is 0.493 bits per heavy atom. The molecule has 0 atom stereocenters. The first-order chi connectivity index (χ1) is 36.7. The third kappa shape index (κ3) is 12.5. The molecule has 2 aliphatic heterocycles. The van der Waals surface area contributed by atoms with Gasteiger partial charge in [-0.2, -0.15) is 19.9 Å². The Hall–Kier alpha value is -8.41. The van der Waals surface area contributed by atoms with Gasteiger partial charge in [0, 0.05) is 55.4 Å². The third-order valence-corrected chi connectivity index (χ3v) is 13.0. The molecule has 17 heteroatoms. The van der Waals surface area contributed by atoms with E-state index in [4.69, 9.17) is 68.3 Å². The van der Waals surface area contributed by atoms with Gasteiger partial charge in [0.1, 0.15) is 17.4 Å². The van der Waals surface area contributed by atoms with E-state index >= 15 is 0 Å². The average molecular weight is 1020 g/mol. The number of rotatable bonds is 18. The van der Waals surface area contributed by atoms with Crippen molar-refractivity contribution in [3.05, 3.63) is 138 Å². The smallest absolute Gasteiger partial charge is 0.318 e. The van der Waals surface area contributed by atoms with Gasteiger partial charge in [0.2, 0.25) is 5.91 Å². The van der Waals surface area contributed by atoms with E-state index in [1.165, 1.54) is 0 Å². The summed E-state index contributed by atoms with van der Waals surface area (Å²) < 4.78 is 50.1. The first-order valence-electron chi connectivity index (χ1n) is 24.7. The molecule has 75 heavy (non-hydrogen) atoms. The summed E-state index contributed by atoms with van der Waals surface area (Å²) in [5.41, 5.74) is 13.7. The Morgan fingerprint density at radius 3 is 1.40 bits per heavy atom. The molecule has 388 valence electrons. The van der Waals surface area contributed by atoms with E-state index in [-0.39, 0.29) is 0 Å². The molecule has 4 heterocycles. The fraction of sp³-hybridized carbons (Fsp3) is 0.293. The molecule has 8 aromatic rings. The van der Waals surface area contributed by atoms with E-state index in [2.05, 4.69) is 28.0 Å². The lowest BCUT2D eigenvalue weighted by Crippen LogP contribution is -2.37. The highest BCUT2D eigenvalue weighted by Crippen LogP contribution is 2.35. The maximum Gasteiger partial charge on any atom is 0.318 e. The van der Waals surface area contributed by atoms with Gasteiger partial charge in [0.25, 0.3) is 0 Å². The van der Waals surface area contributed by atoms with Crippen molar-refractivity contribution in [1.29, 1.82) is 0 Å². The minimum Gasteiger partial charge on any atom is -0.497 e. The van der Waals surface area contributed by atoms with Crippen molar-refractivity contribution >= 4 is 39.3 Å². The second-order valence-electron chi connectivity index (χ2n) is 17.6. The first kappa shape index (κ1) is 51.5. The Kier molecular flexibility index (Phi) is 16.8. The summed E-state index contributed by atoms with van der Waals surface area (Å²) in [6.45, 7) is 6.39. The van der Waals surface area contributed by atoms with Crippen LogP contribution in [0, 0.1) is 0 Å². The van der Waals surface area contributed by atoms with Gasteiger partial charge in [0.05, 0.1) is 86.2 Å². The Labute approximate surface area is 436 Å². The van der Waals surface area contributed by atoms with Gasteiger partial charge < -0.3 is 58.2 Å². The van der Waals surface area contributed by atoms with Crippen LogP contribution >= 0.6 is 0 Å².